The number of hydrogen-bond donors (Lipinski definition) is 1. The van der Waals surface area contributed by atoms with Crippen LogP contribution in [0.25, 0.3) is 0 Å². The molecule has 0 saturated carbocycles. The maximum Gasteiger partial charge on any atom is 0.162 e. The lowest BCUT2D eigenvalue weighted by Crippen LogP contribution is -2.37. The van der Waals surface area contributed by atoms with Gasteiger partial charge in [-0.05, 0) is 37.1 Å². The molecule has 0 aromatic heterocycles. The highest BCUT2D eigenvalue weighted by Gasteiger charge is 2.16. The lowest BCUT2D eigenvalue weighted by molar-refractivity contribution is 0.171. The van der Waals surface area contributed by atoms with E-state index in [1.54, 1.807) is 0 Å². The van der Waals surface area contributed by atoms with Gasteiger partial charge >= 0.3 is 0 Å². The minimum Gasteiger partial charge on any atom is -0.486 e. The van der Waals surface area contributed by atoms with Crippen molar-refractivity contribution in [1.82, 2.24) is 5.32 Å². The first-order chi connectivity index (χ1) is 10.2. The number of thioether (sulfide) groups is 1. The molecule has 0 bridgehead atoms. The molecule has 21 heavy (non-hydrogen) atoms. The third-order valence-electron chi connectivity index (χ3n) is 3.93. The molecule has 0 saturated heterocycles. The molecule has 3 nitrogen and oxygen atoms in total. The zero-order chi connectivity index (χ0) is 15.1. The topological polar surface area (TPSA) is 30.5 Å². The normalized spacial score (nSPS) is 16.5. The van der Waals surface area contributed by atoms with Gasteiger partial charge in [0.25, 0.3) is 0 Å². The van der Waals surface area contributed by atoms with Crippen molar-refractivity contribution in [2.45, 2.75) is 44.6 Å². The van der Waals surface area contributed by atoms with Crippen LogP contribution in [0.1, 0.15) is 33.6 Å². The van der Waals surface area contributed by atoms with Crippen molar-refractivity contribution in [2.75, 3.05) is 25.5 Å². The summed E-state index contributed by atoms with van der Waals surface area (Å²) in [6.45, 7) is 9.20. The maximum absolute atomic E-state index is 5.65. The lowest BCUT2D eigenvalue weighted by atomic mass is 10.0. The van der Waals surface area contributed by atoms with Crippen molar-refractivity contribution in [3.8, 4) is 11.5 Å². The Kier molecular flexibility index (Phi) is 6.71. The van der Waals surface area contributed by atoms with Gasteiger partial charge in [0.1, 0.15) is 13.2 Å². The number of fused-ring (bicyclic) bond motifs is 1. The summed E-state index contributed by atoms with van der Waals surface area (Å²) in [4.78, 5) is 1.26. The third-order valence-corrected chi connectivity index (χ3v) is 5.04. The van der Waals surface area contributed by atoms with E-state index >= 15 is 0 Å². The Bertz CT molecular complexity index is 439. The van der Waals surface area contributed by atoms with Gasteiger partial charge in [-0.25, -0.2) is 0 Å². The first kappa shape index (κ1) is 16.5. The Balaban J connectivity index is 1.93. The van der Waals surface area contributed by atoms with Crippen LogP contribution in [0, 0.1) is 5.92 Å². The van der Waals surface area contributed by atoms with Crippen LogP contribution >= 0.6 is 11.8 Å². The molecule has 1 heterocycles. The number of benzene rings is 1. The highest BCUT2D eigenvalue weighted by atomic mass is 32.2. The molecule has 2 atom stereocenters. The molecule has 0 amide bonds. The van der Waals surface area contributed by atoms with Crippen molar-refractivity contribution in [1.29, 1.82) is 0 Å². The van der Waals surface area contributed by atoms with E-state index in [0.29, 0.717) is 25.2 Å². The summed E-state index contributed by atoms with van der Waals surface area (Å²) in [5.41, 5.74) is 0. The van der Waals surface area contributed by atoms with Crippen LogP contribution in [-0.2, 0) is 0 Å². The van der Waals surface area contributed by atoms with Crippen molar-refractivity contribution in [3.05, 3.63) is 18.2 Å². The molecular weight excluding hydrogens is 282 g/mol. The fraction of sp³-hybridized carbons (Fsp3) is 0.647. The lowest BCUT2D eigenvalue weighted by Gasteiger charge is -2.24. The van der Waals surface area contributed by atoms with Crippen LogP contribution in [0.4, 0.5) is 0 Å². The summed E-state index contributed by atoms with van der Waals surface area (Å²) in [6, 6.07) is 6.82. The number of hydrogen-bond acceptors (Lipinski definition) is 4. The minimum absolute atomic E-state index is 0.563. The Morgan fingerprint density at radius 2 is 1.95 bits per heavy atom. The van der Waals surface area contributed by atoms with E-state index in [0.717, 1.165) is 23.8 Å². The molecule has 1 aromatic carbocycles. The van der Waals surface area contributed by atoms with E-state index < -0.39 is 0 Å². The summed E-state index contributed by atoms with van der Waals surface area (Å²) < 4.78 is 11.2. The monoisotopic (exact) mass is 309 g/mol. The quantitative estimate of drug-likeness (QED) is 0.736. The average Bonchev–Trinajstić information content (AvgIpc) is 2.54. The Hall–Kier alpha value is -0.870. The van der Waals surface area contributed by atoms with Crippen LogP contribution in [0.5, 0.6) is 11.5 Å². The van der Waals surface area contributed by atoms with Gasteiger partial charge in [0.05, 0.1) is 0 Å². The second-order valence-corrected chi connectivity index (χ2v) is 6.66. The van der Waals surface area contributed by atoms with Crippen molar-refractivity contribution in [3.63, 3.8) is 0 Å². The molecule has 1 N–H and O–H groups in total. The highest BCUT2D eigenvalue weighted by molar-refractivity contribution is 7.99. The van der Waals surface area contributed by atoms with Crippen molar-refractivity contribution in [2.24, 2.45) is 5.92 Å². The van der Waals surface area contributed by atoms with Crippen molar-refractivity contribution < 1.29 is 9.47 Å². The molecule has 1 aliphatic rings. The Morgan fingerprint density at radius 1 is 1.19 bits per heavy atom. The van der Waals surface area contributed by atoms with Gasteiger partial charge in [-0.2, -0.15) is 0 Å². The van der Waals surface area contributed by atoms with Crippen LogP contribution in [-0.4, -0.2) is 31.6 Å². The largest absolute Gasteiger partial charge is 0.486 e. The van der Waals surface area contributed by atoms with Crippen molar-refractivity contribution >= 4 is 11.8 Å². The molecule has 0 spiro atoms. The molecule has 0 fully saturated rings. The summed E-state index contributed by atoms with van der Waals surface area (Å²) in [5.74, 6) is 3.54. The van der Waals surface area contributed by atoms with Gasteiger partial charge < -0.3 is 14.8 Å². The molecule has 4 heteroatoms. The number of rotatable bonds is 8. The second-order valence-electron chi connectivity index (χ2n) is 5.56. The Labute approximate surface area is 132 Å². The van der Waals surface area contributed by atoms with E-state index in [4.69, 9.17) is 9.47 Å². The fourth-order valence-electron chi connectivity index (χ4n) is 2.34. The SMILES string of the molecule is CCCNC(CSc1ccc2c(c1)OCCO2)C(C)CC. The van der Waals surface area contributed by atoms with E-state index in [9.17, 15) is 0 Å². The summed E-state index contributed by atoms with van der Waals surface area (Å²) in [7, 11) is 0. The van der Waals surface area contributed by atoms with Crippen LogP contribution < -0.4 is 14.8 Å². The predicted octanol–water partition coefficient (Wildman–Crippen LogP) is 3.96. The summed E-state index contributed by atoms with van der Waals surface area (Å²) in [5, 5.41) is 3.68. The number of ether oxygens (including phenoxy) is 2. The highest BCUT2D eigenvalue weighted by Crippen LogP contribution is 2.34. The van der Waals surface area contributed by atoms with E-state index in [1.165, 1.54) is 17.7 Å². The van der Waals surface area contributed by atoms with Crippen LogP contribution in [0.15, 0.2) is 23.1 Å². The predicted molar refractivity (Wildman–Crippen MR) is 89.7 cm³/mol. The minimum atomic E-state index is 0.563. The van der Waals surface area contributed by atoms with E-state index in [1.807, 2.05) is 17.8 Å². The molecule has 0 aliphatic carbocycles. The van der Waals surface area contributed by atoms with Gasteiger partial charge in [0.15, 0.2) is 11.5 Å². The van der Waals surface area contributed by atoms with Crippen LogP contribution in [0.2, 0.25) is 0 Å². The van der Waals surface area contributed by atoms with Gasteiger partial charge in [-0.3, -0.25) is 0 Å². The smallest absolute Gasteiger partial charge is 0.162 e. The zero-order valence-electron chi connectivity index (χ0n) is 13.4. The number of nitrogens with one attached hydrogen (secondary N) is 1. The second kappa shape index (κ2) is 8.54. The van der Waals surface area contributed by atoms with E-state index in [-0.39, 0.29) is 0 Å². The first-order valence-electron chi connectivity index (χ1n) is 8.00. The van der Waals surface area contributed by atoms with E-state index in [2.05, 4.69) is 38.2 Å². The van der Waals surface area contributed by atoms with Gasteiger partial charge in [0, 0.05) is 16.7 Å². The maximum atomic E-state index is 5.65. The zero-order valence-corrected chi connectivity index (χ0v) is 14.2. The third kappa shape index (κ3) is 4.82. The molecular formula is C17H27NO2S. The molecule has 1 aliphatic heterocycles. The van der Waals surface area contributed by atoms with Gasteiger partial charge in [-0.1, -0.05) is 27.2 Å². The molecule has 2 rings (SSSR count). The first-order valence-corrected chi connectivity index (χ1v) is 8.99. The fourth-order valence-corrected chi connectivity index (χ4v) is 3.51. The van der Waals surface area contributed by atoms with Crippen LogP contribution in [0.3, 0.4) is 0 Å². The molecule has 2 unspecified atom stereocenters. The summed E-state index contributed by atoms with van der Waals surface area (Å²) >= 11 is 1.90. The molecule has 0 radical (unpaired) electrons. The molecule has 118 valence electrons. The summed E-state index contributed by atoms with van der Waals surface area (Å²) in [6.07, 6.45) is 2.39. The Morgan fingerprint density at radius 3 is 2.67 bits per heavy atom. The van der Waals surface area contributed by atoms with Gasteiger partial charge in [-0.15, -0.1) is 11.8 Å². The van der Waals surface area contributed by atoms with Gasteiger partial charge in [0.2, 0.25) is 0 Å². The molecule has 1 aromatic rings. The standard InChI is InChI=1S/C17H27NO2S/c1-4-8-18-15(13(3)5-2)12-21-14-6-7-16-17(11-14)20-10-9-19-16/h6-7,11,13,15,18H,4-5,8-10,12H2,1-3H3. The average molecular weight is 309 g/mol.